The summed E-state index contributed by atoms with van der Waals surface area (Å²) in [5.74, 6) is -1.82. The minimum atomic E-state index is -4.88. The van der Waals surface area contributed by atoms with Crippen LogP contribution in [-0.4, -0.2) is 41.4 Å². The Morgan fingerprint density at radius 3 is 2.68 bits per heavy atom. The van der Waals surface area contributed by atoms with Gasteiger partial charge >= 0.3 is 12.1 Å². The third kappa shape index (κ3) is 1.99. The number of halogens is 3. The Bertz CT molecular complexity index is 633. The molecule has 2 heterocycles. The molecule has 0 aromatic heterocycles. The molecule has 7 heteroatoms. The molecule has 1 aliphatic carbocycles. The van der Waals surface area contributed by atoms with Gasteiger partial charge in [0.15, 0.2) is 0 Å². The largest absolute Gasteiger partial charge is 0.471 e. The van der Waals surface area contributed by atoms with E-state index in [-0.39, 0.29) is 6.54 Å². The zero-order valence-corrected chi connectivity index (χ0v) is 12.0. The highest BCUT2D eigenvalue weighted by molar-refractivity contribution is 5.87. The van der Waals surface area contributed by atoms with E-state index in [9.17, 15) is 22.8 Å². The Morgan fingerprint density at radius 2 is 2.18 bits per heavy atom. The second-order valence-corrected chi connectivity index (χ2v) is 5.74. The van der Waals surface area contributed by atoms with Crippen LogP contribution in [0.3, 0.4) is 0 Å². The van der Waals surface area contributed by atoms with E-state index in [2.05, 4.69) is 0 Å². The third-order valence-electron chi connectivity index (χ3n) is 4.52. The Labute approximate surface area is 125 Å². The number of fused-ring (bicyclic) bond motifs is 1. The molecule has 0 saturated carbocycles. The molecule has 2 aliphatic heterocycles. The topological polar surface area (TPSA) is 40.6 Å². The molecule has 0 bridgehead atoms. The van der Waals surface area contributed by atoms with Crippen molar-refractivity contribution in [3.05, 3.63) is 35.2 Å². The summed E-state index contributed by atoms with van der Waals surface area (Å²) in [5, 5.41) is 0. The van der Waals surface area contributed by atoms with Gasteiger partial charge in [-0.05, 0) is 30.1 Å². The van der Waals surface area contributed by atoms with Crippen LogP contribution in [0.2, 0.25) is 0 Å². The van der Waals surface area contributed by atoms with Gasteiger partial charge in [-0.15, -0.1) is 0 Å². The number of alkyl halides is 3. The lowest BCUT2D eigenvalue weighted by atomic mass is 9.70. The molecular weight excluding hydrogens is 297 g/mol. The fraction of sp³-hybridized carbons (Fsp3) is 0.467. The second-order valence-electron chi connectivity index (χ2n) is 5.74. The molecular formula is C15H15F3N2O2. The van der Waals surface area contributed by atoms with Crippen LogP contribution in [0.15, 0.2) is 35.2 Å². The van der Waals surface area contributed by atoms with Crippen molar-refractivity contribution in [3.63, 3.8) is 0 Å². The lowest BCUT2D eigenvalue weighted by molar-refractivity contribution is -0.183. The number of allylic oxidation sites excluding steroid dienone is 2. The summed E-state index contributed by atoms with van der Waals surface area (Å²) in [6, 6.07) is 0. The molecule has 0 N–H and O–H groups in total. The minimum Gasteiger partial charge on any atom is -0.322 e. The van der Waals surface area contributed by atoms with Gasteiger partial charge in [-0.2, -0.15) is 13.2 Å². The first-order chi connectivity index (χ1) is 10.3. The van der Waals surface area contributed by atoms with Gasteiger partial charge in [0.2, 0.25) is 6.41 Å². The molecule has 0 saturated heterocycles. The molecule has 118 valence electrons. The van der Waals surface area contributed by atoms with Crippen molar-refractivity contribution in [3.8, 4) is 0 Å². The van der Waals surface area contributed by atoms with Crippen LogP contribution in [0, 0.1) is 5.41 Å². The Balaban J connectivity index is 1.95. The smallest absolute Gasteiger partial charge is 0.322 e. The summed E-state index contributed by atoms with van der Waals surface area (Å²) in [4.78, 5) is 24.7. The fourth-order valence-electron chi connectivity index (χ4n) is 3.40. The van der Waals surface area contributed by atoms with E-state index in [0.717, 1.165) is 16.0 Å². The Kier molecular flexibility index (Phi) is 3.19. The molecule has 1 unspecified atom stereocenters. The molecule has 0 fully saturated rings. The quantitative estimate of drug-likeness (QED) is 0.735. The van der Waals surface area contributed by atoms with E-state index in [1.165, 1.54) is 4.90 Å². The van der Waals surface area contributed by atoms with Crippen molar-refractivity contribution < 1.29 is 22.8 Å². The van der Waals surface area contributed by atoms with Gasteiger partial charge in [-0.3, -0.25) is 9.59 Å². The lowest BCUT2D eigenvalue weighted by Crippen LogP contribution is -2.42. The monoisotopic (exact) mass is 312 g/mol. The lowest BCUT2D eigenvalue weighted by Gasteiger charge is -2.36. The second kappa shape index (κ2) is 4.72. The minimum absolute atomic E-state index is 0.0147. The maximum Gasteiger partial charge on any atom is 0.471 e. The summed E-state index contributed by atoms with van der Waals surface area (Å²) < 4.78 is 38.3. The normalized spacial score (nSPS) is 27.0. The van der Waals surface area contributed by atoms with Crippen LogP contribution >= 0.6 is 0 Å². The summed E-state index contributed by atoms with van der Waals surface area (Å²) in [7, 11) is 0. The Hall–Kier alpha value is -2.05. The summed E-state index contributed by atoms with van der Waals surface area (Å²) in [5.41, 5.74) is 1.59. The summed E-state index contributed by atoms with van der Waals surface area (Å²) in [6.07, 6.45) is 2.03. The molecule has 3 aliphatic rings. The number of hydrogen-bond donors (Lipinski definition) is 0. The molecule has 1 atom stereocenters. The average Bonchev–Trinajstić information content (AvgIpc) is 2.67. The van der Waals surface area contributed by atoms with Crippen molar-refractivity contribution in [2.24, 2.45) is 5.41 Å². The van der Waals surface area contributed by atoms with E-state index in [1.807, 2.05) is 6.92 Å². The van der Waals surface area contributed by atoms with Crippen molar-refractivity contribution in [1.82, 2.24) is 9.80 Å². The number of hydrogen-bond acceptors (Lipinski definition) is 2. The molecule has 3 rings (SSSR count). The van der Waals surface area contributed by atoms with Gasteiger partial charge < -0.3 is 9.80 Å². The Morgan fingerprint density at radius 1 is 1.45 bits per heavy atom. The molecule has 22 heavy (non-hydrogen) atoms. The van der Waals surface area contributed by atoms with Crippen LogP contribution in [0.25, 0.3) is 0 Å². The van der Waals surface area contributed by atoms with Crippen molar-refractivity contribution >= 4 is 12.3 Å². The molecule has 0 aromatic carbocycles. The number of rotatable bonds is 2. The van der Waals surface area contributed by atoms with E-state index in [1.54, 1.807) is 18.4 Å². The fourth-order valence-corrected chi connectivity index (χ4v) is 3.40. The molecule has 4 nitrogen and oxygen atoms in total. The predicted octanol–water partition coefficient (Wildman–Crippen LogP) is 2.36. The third-order valence-corrected chi connectivity index (χ3v) is 4.52. The number of amides is 2. The van der Waals surface area contributed by atoms with E-state index >= 15 is 0 Å². The van der Waals surface area contributed by atoms with Gasteiger partial charge in [-0.1, -0.05) is 13.0 Å². The van der Waals surface area contributed by atoms with Crippen LogP contribution in [0.4, 0.5) is 13.2 Å². The first-order valence-electron chi connectivity index (χ1n) is 7.07. The maximum atomic E-state index is 12.8. The van der Waals surface area contributed by atoms with Crippen LogP contribution < -0.4 is 0 Å². The number of carbonyl (C=O) groups excluding carboxylic acids is 2. The number of carbonyl (C=O) groups is 2. The van der Waals surface area contributed by atoms with Crippen LogP contribution in [0.5, 0.6) is 0 Å². The summed E-state index contributed by atoms with van der Waals surface area (Å²) >= 11 is 0. The highest BCUT2D eigenvalue weighted by atomic mass is 19.4. The van der Waals surface area contributed by atoms with Gasteiger partial charge in [0.05, 0.1) is 0 Å². The first kappa shape index (κ1) is 14.9. The van der Waals surface area contributed by atoms with Crippen molar-refractivity contribution in [2.45, 2.75) is 25.9 Å². The van der Waals surface area contributed by atoms with E-state index in [0.29, 0.717) is 31.5 Å². The van der Waals surface area contributed by atoms with Crippen LogP contribution in [0.1, 0.15) is 19.8 Å². The zero-order valence-electron chi connectivity index (χ0n) is 12.0. The van der Waals surface area contributed by atoms with Crippen molar-refractivity contribution in [1.29, 1.82) is 0 Å². The maximum absolute atomic E-state index is 12.8. The van der Waals surface area contributed by atoms with E-state index < -0.39 is 17.5 Å². The standard InChI is InChI=1S/C15H15F3N2O2/c1-2-10-7-11-12(10)14(3-5-19(9-21)6-4-14)8-20(11)13(22)15(16,17)18/h3,5,7,9H,2,4,6,8H2,1H3. The highest BCUT2D eigenvalue weighted by Crippen LogP contribution is 2.54. The van der Waals surface area contributed by atoms with Gasteiger partial charge in [0, 0.05) is 30.4 Å². The predicted molar refractivity (Wildman–Crippen MR) is 72.1 cm³/mol. The summed E-state index contributed by atoms with van der Waals surface area (Å²) in [6.45, 7) is 2.35. The zero-order chi connectivity index (χ0) is 16.1. The number of nitrogens with zero attached hydrogens (tertiary/aromatic N) is 2. The van der Waals surface area contributed by atoms with Gasteiger partial charge in [0.1, 0.15) is 0 Å². The highest BCUT2D eigenvalue weighted by Gasteiger charge is 2.54. The molecule has 0 aromatic rings. The molecule has 2 amide bonds. The van der Waals surface area contributed by atoms with Gasteiger partial charge in [-0.25, -0.2) is 0 Å². The van der Waals surface area contributed by atoms with E-state index in [4.69, 9.17) is 0 Å². The first-order valence-corrected chi connectivity index (χ1v) is 7.07. The SMILES string of the molecule is CCC1=CC2=C1C1(C=CN(C=O)CC1)CN2C(=O)C(F)(F)F. The van der Waals surface area contributed by atoms with Gasteiger partial charge in [0.25, 0.3) is 0 Å². The van der Waals surface area contributed by atoms with Crippen molar-refractivity contribution in [2.75, 3.05) is 13.1 Å². The average molecular weight is 312 g/mol. The molecule has 0 radical (unpaired) electrons. The van der Waals surface area contributed by atoms with Crippen LogP contribution in [-0.2, 0) is 9.59 Å². The molecule has 1 spiro atoms.